The first-order valence-electron chi connectivity index (χ1n) is 11.6. The summed E-state index contributed by atoms with van der Waals surface area (Å²) in [5.74, 6) is -7.27. The number of rotatable bonds is 17. The molecule has 11 N–H and O–H groups in total. The van der Waals surface area contributed by atoms with Crippen molar-refractivity contribution in [2.45, 2.75) is 62.7 Å². The zero-order chi connectivity index (χ0) is 28.8. The van der Waals surface area contributed by atoms with Crippen LogP contribution in [0.25, 0.3) is 0 Å². The molecule has 4 unspecified atom stereocenters. The van der Waals surface area contributed by atoms with Gasteiger partial charge < -0.3 is 47.8 Å². The third-order valence-electron chi connectivity index (χ3n) is 5.31. The summed E-state index contributed by atoms with van der Waals surface area (Å²) in [4.78, 5) is 71.8. The van der Waals surface area contributed by atoms with Crippen molar-refractivity contribution < 1.29 is 49.2 Å². The second-order valence-corrected chi connectivity index (χ2v) is 8.48. The maximum Gasteiger partial charge on any atom is 0.326 e. The van der Waals surface area contributed by atoms with E-state index in [1.807, 2.05) is 0 Å². The second-order valence-electron chi connectivity index (χ2n) is 8.48. The first-order chi connectivity index (χ1) is 17.8. The molecule has 1 aromatic rings. The van der Waals surface area contributed by atoms with Crippen LogP contribution in [0.4, 0.5) is 0 Å². The number of aromatic hydroxyl groups is 1. The van der Waals surface area contributed by atoms with Gasteiger partial charge >= 0.3 is 17.9 Å². The molecule has 0 saturated heterocycles. The van der Waals surface area contributed by atoms with Crippen molar-refractivity contribution in [2.24, 2.45) is 11.5 Å². The summed E-state index contributed by atoms with van der Waals surface area (Å²) >= 11 is 0. The summed E-state index contributed by atoms with van der Waals surface area (Å²) in [5.41, 5.74) is 11.4. The van der Waals surface area contributed by atoms with Crippen LogP contribution in [0.2, 0.25) is 0 Å². The molecule has 4 atom stereocenters. The number of aliphatic carboxylic acids is 3. The number of carboxylic acids is 3. The SMILES string of the molecule is NCCCCC(NC(=O)C(CC(=O)O)NC(=O)C(N)CC(=O)O)C(=O)NC(Cc1ccc(O)cc1)C(=O)O. The second kappa shape index (κ2) is 15.8. The van der Waals surface area contributed by atoms with E-state index >= 15 is 0 Å². The fraction of sp³-hybridized carbons (Fsp3) is 0.478. The van der Waals surface area contributed by atoms with E-state index in [0.29, 0.717) is 18.4 Å². The predicted octanol–water partition coefficient (Wildman–Crippen LogP) is -2.12. The molecule has 0 radical (unpaired) electrons. The number of hydrogen-bond acceptors (Lipinski definition) is 9. The van der Waals surface area contributed by atoms with Crippen LogP contribution < -0.4 is 27.4 Å². The molecule has 0 heterocycles. The highest BCUT2D eigenvalue weighted by molar-refractivity contribution is 5.96. The number of carbonyl (C=O) groups excluding carboxylic acids is 3. The average Bonchev–Trinajstić information content (AvgIpc) is 2.82. The van der Waals surface area contributed by atoms with Crippen LogP contribution in [-0.4, -0.2) is 86.8 Å². The molecule has 0 spiro atoms. The lowest BCUT2D eigenvalue weighted by molar-refractivity contribution is -0.143. The van der Waals surface area contributed by atoms with E-state index in [-0.39, 0.29) is 25.1 Å². The molecule has 0 aliphatic heterocycles. The predicted molar refractivity (Wildman–Crippen MR) is 131 cm³/mol. The summed E-state index contributed by atoms with van der Waals surface area (Å²) in [6.45, 7) is 0.278. The largest absolute Gasteiger partial charge is 0.508 e. The van der Waals surface area contributed by atoms with Crippen molar-refractivity contribution in [1.82, 2.24) is 16.0 Å². The third-order valence-corrected chi connectivity index (χ3v) is 5.31. The molecule has 0 saturated carbocycles. The molecular weight excluding hydrogens is 506 g/mol. The minimum absolute atomic E-state index is 0.0204. The number of amides is 3. The van der Waals surface area contributed by atoms with Crippen LogP contribution in [0.5, 0.6) is 5.75 Å². The number of nitrogens with two attached hydrogens (primary N) is 2. The molecule has 15 nitrogen and oxygen atoms in total. The number of phenols is 1. The van der Waals surface area contributed by atoms with E-state index in [4.69, 9.17) is 21.7 Å². The topological polar surface area (TPSA) is 271 Å². The maximum absolute atomic E-state index is 13.0. The highest BCUT2D eigenvalue weighted by atomic mass is 16.4. The monoisotopic (exact) mass is 539 g/mol. The quantitative estimate of drug-likeness (QED) is 0.0961. The van der Waals surface area contributed by atoms with Crippen LogP contribution in [0.15, 0.2) is 24.3 Å². The van der Waals surface area contributed by atoms with Gasteiger partial charge in [0.1, 0.15) is 23.9 Å². The Balaban J connectivity index is 3.04. The van der Waals surface area contributed by atoms with E-state index < -0.39 is 72.6 Å². The third kappa shape index (κ3) is 11.7. The van der Waals surface area contributed by atoms with Crippen LogP contribution in [0.3, 0.4) is 0 Å². The van der Waals surface area contributed by atoms with E-state index in [9.17, 15) is 39.0 Å². The molecule has 1 aromatic carbocycles. The minimum atomic E-state index is -1.70. The van der Waals surface area contributed by atoms with Crippen LogP contribution in [0.1, 0.15) is 37.7 Å². The van der Waals surface area contributed by atoms with E-state index in [1.54, 1.807) is 0 Å². The number of hydrogen-bond donors (Lipinski definition) is 9. The highest BCUT2D eigenvalue weighted by Crippen LogP contribution is 2.12. The Labute approximate surface area is 217 Å². The molecule has 0 aliphatic rings. The normalized spacial score (nSPS) is 13.8. The Morgan fingerprint density at radius 3 is 1.79 bits per heavy atom. The van der Waals surface area contributed by atoms with E-state index in [2.05, 4.69) is 16.0 Å². The van der Waals surface area contributed by atoms with E-state index in [0.717, 1.165) is 0 Å². The molecular formula is C23H33N5O10. The molecule has 3 amide bonds. The first kappa shape index (κ1) is 31.8. The highest BCUT2D eigenvalue weighted by Gasteiger charge is 2.31. The Morgan fingerprint density at radius 1 is 0.737 bits per heavy atom. The van der Waals surface area contributed by atoms with Crippen LogP contribution >= 0.6 is 0 Å². The summed E-state index contributed by atoms with van der Waals surface area (Å²) < 4.78 is 0. The van der Waals surface area contributed by atoms with Crippen molar-refractivity contribution in [3.63, 3.8) is 0 Å². The fourth-order valence-corrected chi connectivity index (χ4v) is 3.32. The minimum Gasteiger partial charge on any atom is -0.508 e. The van der Waals surface area contributed by atoms with Crippen molar-refractivity contribution in [1.29, 1.82) is 0 Å². The standard InChI is InChI=1S/C23H33N5O10/c24-8-2-1-3-15(21(35)28-17(23(37)38)9-12-4-6-13(29)7-5-12)26-22(36)16(11-19(32)33)27-20(34)14(25)10-18(30)31/h4-7,14-17,29H,1-3,8-11,24-25H2,(H,26,36)(H,27,34)(H,28,35)(H,30,31)(H,32,33)(H,37,38). The molecule has 15 heteroatoms. The summed E-state index contributed by atoms with van der Waals surface area (Å²) in [6.07, 6.45) is -0.961. The zero-order valence-electron chi connectivity index (χ0n) is 20.5. The fourth-order valence-electron chi connectivity index (χ4n) is 3.32. The number of phenolic OH excluding ortho intramolecular Hbond substituents is 1. The van der Waals surface area contributed by atoms with Gasteiger partial charge in [-0.05, 0) is 43.5 Å². The number of benzene rings is 1. The lowest BCUT2D eigenvalue weighted by Crippen LogP contribution is -2.57. The van der Waals surface area contributed by atoms with Crippen molar-refractivity contribution in [2.75, 3.05) is 6.54 Å². The van der Waals surface area contributed by atoms with Gasteiger partial charge in [0.15, 0.2) is 0 Å². The first-order valence-corrected chi connectivity index (χ1v) is 11.6. The lowest BCUT2D eigenvalue weighted by Gasteiger charge is -2.24. The molecule has 0 bridgehead atoms. The van der Waals surface area contributed by atoms with Gasteiger partial charge in [-0.1, -0.05) is 12.1 Å². The summed E-state index contributed by atoms with van der Waals surface area (Å²) in [6, 6.07) is -0.302. The number of nitrogens with one attached hydrogen (secondary N) is 3. The van der Waals surface area contributed by atoms with Crippen LogP contribution in [-0.2, 0) is 35.2 Å². The Bertz CT molecular complexity index is 1000. The summed E-state index contributed by atoms with van der Waals surface area (Å²) in [5, 5.41) is 43.7. The molecule has 0 aliphatic carbocycles. The smallest absolute Gasteiger partial charge is 0.326 e. The molecule has 210 valence electrons. The molecule has 0 aromatic heterocycles. The van der Waals surface area contributed by atoms with Crippen molar-refractivity contribution in [3.05, 3.63) is 29.8 Å². The zero-order valence-corrected chi connectivity index (χ0v) is 20.5. The Hall–Kier alpha value is -4.24. The van der Waals surface area contributed by atoms with Gasteiger partial charge in [-0.3, -0.25) is 24.0 Å². The van der Waals surface area contributed by atoms with Gasteiger partial charge in [0.2, 0.25) is 17.7 Å². The number of carbonyl (C=O) groups is 6. The number of carboxylic acid groups (broad SMARTS) is 3. The molecule has 38 heavy (non-hydrogen) atoms. The lowest BCUT2D eigenvalue weighted by atomic mass is 10.0. The molecule has 0 fully saturated rings. The van der Waals surface area contributed by atoms with Gasteiger partial charge in [0.05, 0.1) is 18.9 Å². The van der Waals surface area contributed by atoms with Gasteiger partial charge in [-0.25, -0.2) is 4.79 Å². The van der Waals surface area contributed by atoms with Gasteiger partial charge in [-0.2, -0.15) is 0 Å². The van der Waals surface area contributed by atoms with E-state index in [1.165, 1.54) is 24.3 Å². The summed E-state index contributed by atoms with van der Waals surface area (Å²) in [7, 11) is 0. The van der Waals surface area contributed by atoms with Crippen molar-refractivity contribution in [3.8, 4) is 5.75 Å². The van der Waals surface area contributed by atoms with Gasteiger partial charge in [-0.15, -0.1) is 0 Å². The average molecular weight is 540 g/mol. The van der Waals surface area contributed by atoms with Crippen molar-refractivity contribution >= 4 is 35.6 Å². The van der Waals surface area contributed by atoms with Gasteiger partial charge in [0, 0.05) is 6.42 Å². The van der Waals surface area contributed by atoms with Crippen LogP contribution in [0, 0.1) is 0 Å². The van der Waals surface area contributed by atoms with Gasteiger partial charge in [0.25, 0.3) is 0 Å². The Morgan fingerprint density at radius 2 is 1.26 bits per heavy atom. The Kier molecular flexibility index (Phi) is 13.2. The maximum atomic E-state index is 13.0. The number of unbranched alkanes of at least 4 members (excludes halogenated alkanes) is 1. The molecule has 1 rings (SSSR count).